The Balaban J connectivity index is 1.55. The Bertz CT molecular complexity index is 1630. The number of hydrogen-bond acceptors (Lipinski definition) is 7. The summed E-state index contributed by atoms with van der Waals surface area (Å²) in [5.41, 5.74) is 2.69. The molecule has 3 N–H and O–H groups in total. The standard InChI is InChI=1S/C31H24N2O7/c1-18-17-20(33(38)39)15-16-25(18)32-30(36)28(35)26(29-23-13-7-8-14-24(23)31(37)40-29)27(34)22-12-6-5-11-21(22)19-9-3-2-4-10-19/h2-17,26,29,33,38H,1H3,(H,32,36). The first-order chi connectivity index (χ1) is 19.3. The molecule has 9 nitrogen and oxygen atoms in total. The summed E-state index contributed by atoms with van der Waals surface area (Å²) in [6, 6.07) is 26.3. The molecule has 0 saturated carbocycles. The van der Waals surface area contributed by atoms with Crippen molar-refractivity contribution < 1.29 is 34.3 Å². The summed E-state index contributed by atoms with van der Waals surface area (Å²) in [5.74, 6) is -5.22. The molecule has 9 heteroatoms. The van der Waals surface area contributed by atoms with Gasteiger partial charge in [0.25, 0.3) is 5.91 Å². The van der Waals surface area contributed by atoms with Crippen LogP contribution in [0.2, 0.25) is 0 Å². The van der Waals surface area contributed by atoms with Gasteiger partial charge >= 0.3 is 5.97 Å². The zero-order valence-electron chi connectivity index (χ0n) is 21.3. The van der Waals surface area contributed by atoms with Crippen molar-refractivity contribution in [2.24, 2.45) is 5.92 Å². The molecular formula is C31H24N2O7. The highest BCUT2D eigenvalue weighted by Crippen LogP contribution is 2.39. The van der Waals surface area contributed by atoms with Crippen LogP contribution in [0.1, 0.15) is 37.9 Å². The average molecular weight is 537 g/mol. The van der Waals surface area contributed by atoms with Crippen LogP contribution in [0.15, 0.2) is 97.1 Å². The van der Waals surface area contributed by atoms with E-state index >= 15 is 0 Å². The molecule has 1 aliphatic heterocycles. The van der Waals surface area contributed by atoms with Gasteiger partial charge in [0, 0.05) is 28.9 Å². The van der Waals surface area contributed by atoms with E-state index in [-0.39, 0.29) is 22.5 Å². The van der Waals surface area contributed by atoms with Crippen LogP contribution in [0.3, 0.4) is 0 Å². The molecule has 5 rings (SSSR count). The lowest BCUT2D eigenvalue weighted by molar-refractivity contribution is -0.991. The number of ether oxygens (including phenoxy) is 1. The molecule has 4 aromatic rings. The smallest absolute Gasteiger partial charge is 0.339 e. The number of aryl methyl sites for hydroxylation is 1. The molecular weight excluding hydrogens is 512 g/mol. The van der Waals surface area contributed by atoms with Crippen molar-refractivity contribution in [3.8, 4) is 11.1 Å². The summed E-state index contributed by atoms with van der Waals surface area (Å²) in [6.07, 6.45) is -1.31. The minimum Gasteiger partial charge on any atom is -0.595 e. The van der Waals surface area contributed by atoms with Gasteiger partial charge in [0.05, 0.1) is 5.56 Å². The Hall–Kier alpha value is -4.96. The lowest BCUT2D eigenvalue weighted by Crippen LogP contribution is -2.99. The van der Waals surface area contributed by atoms with E-state index in [1.54, 1.807) is 49.4 Å². The number of esters is 1. The van der Waals surface area contributed by atoms with E-state index in [1.807, 2.05) is 30.3 Å². The SMILES string of the molecule is Cc1cc([NH+]([O-])O)ccc1NC(=O)C(=O)C(C(=O)c1ccccc1-c1ccccc1)C1OC(=O)c2ccccc21. The number of benzene rings is 4. The van der Waals surface area contributed by atoms with Gasteiger partial charge in [-0.15, -0.1) is 0 Å². The Morgan fingerprint density at radius 2 is 1.55 bits per heavy atom. The first-order valence-electron chi connectivity index (χ1n) is 12.4. The summed E-state index contributed by atoms with van der Waals surface area (Å²) in [7, 11) is 0. The highest BCUT2D eigenvalue weighted by Gasteiger charge is 2.46. The molecule has 1 amide bonds. The van der Waals surface area contributed by atoms with E-state index in [0.29, 0.717) is 16.7 Å². The molecule has 4 aromatic carbocycles. The van der Waals surface area contributed by atoms with E-state index < -0.39 is 40.7 Å². The van der Waals surface area contributed by atoms with Crippen molar-refractivity contribution in [1.29, 1.82) is 0 Å². The van der Waals surface area contributed by atoms with E-state index in [4.69, 9.17) is 4.74 Å². The normalized spacial score (nSPS) is 15.5. The van der Waals surface area contributed by atoms with Crippen LogP contribution in [0.4, 0.5) is 11.4 Å². The van der Waals surface area contributed by atoms with Crippen molar-refractivity contribution in [3.05, 3.63) is 125 Å². The lowest BCUT2D eigenvalue weighted by Gasteiger charge is -2.22. The fourth-order valence-electron chi connectivity index (χ4n) is 4.81. The molecule has 0 bridgehead atoms. The minimum atomic E-state index is -1.67. The van der Waals surface area contributed by atoms with E-state index in [0.717, 1.165) is 5.56 Å². The second-order valence-electron chi connectivity index (χ2n) is 9.32. The molecule has 0 aliphatic carbocycles. The van der Waals surface area contributed by atoms with Crippen molar-refractivity contribution >= 4 is 34.8 Å². The third kappa shape index (κ3) is 5.04. The zero-order chi connectivity index (χ0) is 28.4. The van der Waals surface area contributed by atoms with Crippen LogP contribution in [-0.2, 0) is 14.3 Å². The van der Waals surface area contributed by atoms with E-state index in [1.165, 1.54) is 24.3 Å². The van der Waals surface area contributed by atoms with Gasteiger partial charge < -0.3 is 15.3 Å². The molecule has 1 aliphatic rings. The molecule has 0 aromatic heterocycles. The maximum absolute atomic E-state index is 14.2. The summed E-state index contributed by atoms with van der Waals surface area (Å²) in [6.45, 7) is 1.58. The Labute approximate surface area is 229 Å². The highest BCUT2D eigenvalue weighted by atomic mass is 16.8. The molecule has 200 valence electrons. The summed E-state index contributed by atoms with van der Waals surface area (Å²) < 4.78 is 5.54. The fraction of sp³-hybridized carbons (Fsp3) is 0.0968. The minimum absolute atomic E-state index is 0.0156. The predicted octanol–water partition coefficient (Wildman–Crippen LogP) is 3.98. The molecule has 0 fully saturated rings. The van der Waals surface area contributed by atoms with Crippen molar-refractivity contribution in [3.63, 3.8) is 0 Å². The monoisotopic (exact) mass is 536 g/mol. The molecule has 3 unspecified atom stereocenters. The van der Waals surface area contributed by atoms with Crippen LogP contribution < -0.4 is 10.5 Å². The van der Waals surface area contributed by atoms with Crippen LogP contribution in [0.5, 0.6) is 0 Å². The topological polar surface area (TPSA) is 137 Å². The second kappa shape index (κ2) is 11.0. The Morgan fingerprint density at radius 1 is 0.900 bits per heavy atom. The van der Waals surface area contributed by atoms with Gasteiger partial charge in [-0.2, -0.15) is 5.23 Å². The number of amides is 1. The molecule has 3 atom stereocenters. The third-order valence-corrected chi connectivity index (χ3v) is 6.81. The van der Waals surface area contributed by atoms with Crippen LogP contribution in [-0.4, -0.2) is 28.7 Å². The Kier molecular flexibility index (Phi) is 7.35. The van der Waals surface area contributed by atoms with Crippen molar-refractivity contribution in [1.82, 2.24) is 0 Å². The molecule has 0 spiro atoms. The molecule has 40 heavy (non-hydrogen) atoms. The van der Waals surface area contributed by atoms with Crippen molar-refractivity contribution in [2.75, 3.05) is 5.32 Å². The van der Waals surface area contributed by atoms with Crippen LogP contribution >= 0.6 is 0 Å². The highest BCUT2D eigenvalue weighted by molar-refractivity contribution is 6.45. The van der Waals surface area contributed by atoms with Gasteiger partial charge in [0.15, 0.2) is 11.5 Å². The number of carbonyl (C=O) groups is 4. The number of Topliss-reactive ketones (excluding diaryl/α,β-unsaturated/α-hetero) is 2. The fourth-order valence-corrected chi connectivity index (χ4v) is 4.81. The van der Waals surface area contributed by atoms with Gasteiger partial charge in [-0.05, 0) is 35.7 Å². The molecule has 0 saturated heterocycles. The van der Waals surface area contributed by atoms with Gasteiger partial charge in [0.1, 0.15) is 12.0 Å². The number of carbonyl (C=O) groups excluding carboxylic acids is 4. The largest absolute Gasteiger partial charge is 0.595 e. The summed E-state index contributed by atoms with van der Waals surface area (Å²) >= 11 is 0. The number of anilines is 1. The number of quaternary nitrogens is 1. The van der Waals surface area contributed by atoms with Crippen LogP contribution in [0, 0.1) is 18.0 Å². The first-order valence-corrected chi connectivity index (χ1v) is 12.4. The summed E-state index contributed by atoms with van der Waals surface area (Å²) in [4.78, 5) is 53.9. The second-order valence-corrected chi connectivity index (χ2v) is 9.32. The van der Waals surface area contributed by atoms with Gasteiger partial charge in [-0.3, -0.25) is 14.4 Å². The average Bonchev–Trinajstić information content (AvgIpc) is 3.30. The number of nitrogens with one attached hydrogen (secondary N) is 2. The number of ketones is 2. The third-order valence-electron chi connectivity index (χ3n) is 6.81. The predicted molar refractivity (Wildman–Crippen MR) is 145 cm³/mol. The maximum Gasteiger partial charge on any atom is 0.339 e. The summed E-state index contributed by atoms with van der Waals surface area (Å²) in [5, 5.41) is 21.9. The van der Waals surface area contributed by atoms with Crippen LogP contribution in [0.25, 0.3) is 11.1 Å². The van der Waals surface area contributed by atoms with Gasteiger partial charge in [-0.25, -0.2) is 10.0 Å². The zero-order valence-corrected chi connectivity index (χ0v) is 21.3. The Morgan fingerprint density at radius 3 is 2.25 bits per heavy atom. The maximum atomic E-state index is 14.2. The quantitative estimate of drug-likeness (QED) is 0.102. The van der Waals surface area contributed by atoms with E-state index in [2.05, 4.69) is 5.32 Å². The van der Waals surface area contributed by atoms with E-state index in [9.17, 15) is 29.6 Å². The number of fused-ring (bicyclic) bond motifs is 1. The molecule has 0 radical (unpaired) electrons. The van der Waals surface area contributed by atoms with Crippen molar-refractivity contribution in [2.45, 2.75) is 13.0 Å². The molecule has 1 heterocycles. The van der Waals surface area contributed by atoms with Gasteiger partial charge in [-0.1, -0.05) is 72.8 Å². The van der Waals surface area contributed by atoms with Gasteiger partial charge in [0.2, 0.25) is 5.78 Å². The number of rotatable bonds is 8. The lowest BCUT2D eigenvalue weighted by atomic mass is 9.82. The number of hydrogen-bond donors (Lipinski definition) is 3. The number of cyclic esters (lactones) is 1. The first kappa shape index (κ1) is 26.6.